The van der Waals surface area contributed by atoms with Crippen molar-refractivity contribution in [1.29, 1.82) is 0 Å². The van der Waals surface area contributed by atoms with E-state index in [0.29, 0.717) is 0 Å². The zero-order valence-corrected chi connectivity index (χ0v) is 14.6. The first-order valence-corrected chi connectivity index (χ1v) is 8.15. The SMILES string of the molecule is C[C@](O)(CCCF)CC(=O)N[C@@H](COC(F)F)c1cccc(OC(F)F)c1. The zero-order chi connectivity index (χ0) is 20.4. The summed E-state index contributed by atoms with van der Waals surface area (Å²) < 4.78 is 70.1. The Kier molecular flexibility index (Phi) is 9.44. The number of halogens is 5. The van der Waals surface area contributed by atoms with Crippen molar-refractivity contribution in [3.63, 3.8) is 0 Å². The van der Waals surface area contributed by atoms with Crippen LogP contribution >= 0.6 is 0 Å². The average Bonchev–Trinajstić information content (AvgIpc) is 2.55. The van der Waals surface area contributed by atoms with Crippen molar-refractivity contribution in [2.24, 2.45) is 0 Å². The van der Waals surface area contributed by atoms with Gasteiger partial charge in [-0.25, -0.2) is 0 Å². The maximum absolute atomic E-state index is 12.4. The van der Waals surface area contributed by atoms with Crippen LogP contribution in [0.1, 0.15) is 37.8 Å². The van der Waals surface area contributed by atoms with Crippen LogP contribution in [-0.2, 0) is 9.53 Å². The molecule has 5 nitrogen and oxygen atoms in total. The van der Waals surface area contributed by atoms with Crippen LogP contribution < -0.4 is 10.1 Å². The number of carbonyl (C=O) groups is 1. The molecule has 2 N–H and O–H groups in total. The lowest BCUT2D eigenvalue weighted by atomic mass is 9.95. The second kappa shape index (κ2) is 11.0. The predicted molar refractivity (Wildman–Crippen MR) is 86.4 cm³/mol. The fourth-order valence-electron chi connectivity index (χ4n) is 2.42. The summed E-state index contributed by atoms with van der Waals surface area (Å²) >= 11 is 0. The van der Waals surface area contributed by atoms with E-state index in [9.17, 15) is 31.9 Å². The minimum atomic E-state index is -3.10. The van der Waals surface area contributed by atoms with Gasteiger partial charge in [0.15, 0.2) is 0 Å². The van der Waals surface area contributed by atoms with Gasteiger partial charge in [-0.1, -0.05) is 12.1 Å². The molecule has 1 aromatic rings. The third-order valence-electron chi connectivity index (χ3n) is 3.60. The third-order valence-corrected chi connectivity index (χ3v) is 3.60. The number of benzene rings is 1. The highest BCUT2D eigenvalue weighted by Crippen LogP contribution is 2.23. The first-order chi connectivity index (χ1) is 12.6. The summed E-state index contributed by atoms with van der Waals surface area (Å²) in [6.45, 7) is -6.11. The Labute approximate surface area is 153 Å². The molecular formula is C17H22F5NO4. The van der Waals surface area contributed by atoms with Crippen LogP contribution in [0.25, 0.3) is 0 Å². The molecule has 27 heavy (non-hydrogen) atoms. The summed E-state index contributed by atoms with van der Waals surface area (Å²) in [5, 5.41) is 12.5. The van der Waals surface area contributed by atoms with Crippen molar-refractivity contribution < 1.29 is 41.3 Å². The number of amides is 1. The molecule has 0 unspecified atom stereocenters. The highest BCUT2D eigenvalue weighted by atomic mass is 19.3. The fourth-order valence-corrected chi connectivity index (χ4v) is 2.42. The van der Waals surface area contributed by atoms with Crippen molar-refractivity contribution >= 4 is 5.91 Å². The Morgan fingerprint density at radius 3 is 2.56 bits per heavy atom. The van der Waals surface area contributed by atoms with Crippen LogP contribution in [0.4, 0.5) is 22.0 Å². The van der Waals surface area contributed by atoms with Gasteiger partial charge in [0.2, 0.25) is 5.91 Å². The molecule has 0 radical (unpaired) electrons. The molecule has 10 heteroatoms. The number of ether oxygens (including phenoxy) is 2. The van der Waals surface area contributed by atoms with Crippen molar-refractivity contribution in [2.75, 3.05) is 13.3 Å². The van der Waals surface area contributed by atoms with Crippen molar-refractivity contribution in [1.82, 2.24) is 5.32 Å². The minimum absolute atomic E-state index is 0.0346. The van der Waals surface area contributed by atoms with Gasteiger partial charge >= 0.3 is 13.2 Å². The molecule has 0 aliphatic rings. The summed E-state index contributed by atoms with van der Waals surface area (Å²) in [6.07, 6.45) is -0.302. The van der Waals surface area contributed by atoms with E-state index in [-0.39, 0.29) is 24.2 Å². The largest absolute Gasteiger partial charge is 0.435 e. The molecule has 0 bridgehead atoms. The van der Waals surface area contributed by atoms with Crippen LogP contribution in [0, 0.1) is 0 Å². The van der Waals surface area contributed by atoms with E-state index >= 15 is 0 Å². The summed E-state index contributed by atoms with van der Waals surface area (Å²) in [5.41, 5.74) is -1.28. The molecule has 0 aliphatic heterocycles. The quantitative estimate of drug-likeness (QED) is 0.528. The second-order valence-electron chi connectivity index (χ2n) is 6.13. The first kappa shape index (κ1) is 23.1. The molecule has 1 aromatic carbocycles. The highest BCUT2D eigenvalue weighted by molar-refractivity contribution is 5.77. The lowest BCUT2D eigenvalue weighted by molar-refractivity contribution is -0.140. The van der Waals surface area contributed by atoms with Crippen molar-refractivity contribution in [3.05, 3.63) is 29.8 Å². The normalized spacial score (nSPS) is 14.9. The van der Waals surface area contributed by atoms with E-state index in [1.807, 2.05) is 0 Å². The first-order valence-electron chi connectivity index (χ1n) is 8.15. The Morgan fingerprint density at radius 1 is 1.26 bits per heavy atom. The van der Waals surface area contributed by atoms with E-state index < -0.39 is 50.5 Å². The van der Waals surface area contributed by atoms with E-state index in [0.717, 1.165) is 6.07 Å². The molecule has 1 rings (SSSR count). The minimum Gasteiger partial charge on any atom is -0.435 e. The van der Waals surface area contributed by atoms with Gasteiger partial charge in [-0.05, 0) is 37.5 Å². The summed E-state index contributed by atoms with van der Waals surface area (Å²) in [6, 6.07) is 4.08. The molecule has 0 fully saturated rings. The molecule has 0 heterocycles. The summed E-state index contributed by atoms with van der Waals surface area (Å²) in [7, 11) is 0. The topological polar surface area (TPSA) is 67.8 Å². The van der Waals surface area contributed by atoms with Gasteiger partial charge in [-0.3, -0.25) is 9.18 Å². The smallest absolute Gasteiger partial charge is 0.387 e. The maximum Gasteiger partial charge on any atom is 0.387 e. The van der Waals surface area contributed by atoms with Gasteiger partial charge in [0.25, 0.3) is 0 Å². The number of alkyl halides is 5. The van der Waals surface area contributed by atoms with Crippen LogP contribution in [0.3, 0.4) is 0 Å². The van der Waals surface area contributed by atoms with E-state index in [1.165, 1.54) is 25.1 Å². The van der Waals surface area contributed by atoms with Crippen LogP contribution in [0.15, 0.2) is 24.3 Å². The molecule has 0 saturated heterocycles. The number of aliphatic hydroxyl groups is 1. The van der Waals surface area contributed by atoms with Gasteiger partial charge in [0.05, 0.1) is 31.3 Å². The van der Waals surface area contributed by atoms with Gasteiger partial charge < -0.3 is 19.9 Å². The lowest BCUT2D eigenvalue weighted by Crippen LogP contribution is -2.38. The Balaban J connectivity index is 2.86. The number of hydrogen-bond acceptors (Lipinski definition) is 4. The summed E-state index contributed by atoms with van der Waals surface area (Å²) in [5.74, 6) is -0.907. The van der Waals surface area contributed by atoms with Gasteiger partial charge in [-0.15, -0.1) is 0 Å². The van der Waals surface area contributed by atoms with E-state index in [2.05, 4.69) is 14.8 Å². The molecule has 0 spiro atoms. The van der Waals surface area contributed by atoms with Gasteiger partial charge in [0, 0.05) is 0 Å². The molecule has 0 aromatic heterocycles. The van der Waals surface area contributed by atoms with E-state index in [1.54, 1.807) is 0 Å². The lowest BCUT2D eigenvalue weighted by Gasteiger charge is -2.25. The van der Waals surface area contributed by atoms with Gasteiger partial charge in [-0.2, -0.15) is 17.6 Å². The van der Waals surface area contributed by atoms with Crippen molar-refractivity contribution in [2.45, 2.75) is 51.1 Å². The third kappa shape index (κ3) is 9.53. The Morgan fingerprint density at radius 2 is 1.96 bits per heavy atom. The average molecular weight is 399 g/mol. The van der Waals surface area contributed by atoms with Gasteiger partial charge in [0.1, 0.15) is 5.75 Å². The second-order valence-corrected chi connectivity index (χ2v) is 6.13. The number of nitrogens with one attached hydrogen (secondary N) is 1. The molecule has 0 saturated carbocycles. The molecule has 1 amide bonds. The molecule has 0 aliphatic carbocycles. The van der Waals surface area contributed by atoms with Crippen LogP contribution in [0.2, 0.25) is 0 Å². The standard InChI is InChI=1S/C17H22F5NO4/c1-17(25,6-3-7-18)9-14(24)23-13(10-26-15(19)20)11-4-2-5-12(8-11)27-16(21)22/h2,4-5,8,13,15-16,25H,3,6-7,9-10H2,1H3,(H,23,24)/t13-,17-/m0/s1. The molecule has 2 atom stereocenters. The Hall–Kier alpha value is -1.94. The van der Waals surface area contributed by atoms with Crippen LogP contribution in [0.5, 0.6) is 5.75 Å². The zero-order valence-electron chi connectivity index (χ0n) is 14.6. The maximum atomic E-state index is 12.4. The number of rotatable bonds is 12. The number of carbonyl (C=O) groups excluding carboxylic acids is 1. The van der Waals surface area contributed by atoms with Crippen molar-refractivity contribution in [3.8, 4) is 5.75 Å². The molecular weight excluding hydrogens is 377 g/mol. The molecule has 154 valence electrons. The summed E-state index contributed by atoms with van der Waals surface area (Å²) in [4.78, 5) is 12.2. The highest BCUT2D eigenvalue weighted by Gasteiger charge is 2.26. The monoisotopic (exact) mass is 399 g/mol. The van der Waals surface area contributed by atoms with Crippen LogP contribution in [-0.4, -0.2) is 43.1 Å². The Bertz CT molecular complexity index is 586. The van der Waals surface area contributed by atoms with E-state index in [4.69, 9.17) is 0 Å². The fraction of sp³-hybridized carbons (Fsp3) is 0.588. The predicted octanol–water partition coefficient (Wildman–Crippen LogP) is 3.58. The number of hydrogen-bond donors (Lipinski definition) is 2.